The lowest BCUT2D eigenvalue weighted by Gasteiger charge is -2.26. The zero-order valence-corrected chi connectivity index (χ0v) is 19.1. The fourth-order valence-electron chi connectivity index (χ4n) is 4.77. The van der Waals surface area contributed by atoms with Gasteiger partial charge in [0.05, 0.1) is 0 Å². The minimum Gasteiger partial charge on any atom is -0.346 e. The third-order valence-corrected chi connectivity index (χ3v) is 6.40. The SMILES string of the molecule is Cc1cc(C=CC(=O)N(Cc2ccncc2)Cc2cccnc2)c(C)n1C1CCCCC1. The molecule has 1 saturated carbocycles. The number of carbonyl (C=O) groups is 1. The van der Waals surface area contributed by atoms with Crippen LogP contribution in [0.3, 0.4) is 0 Å². The maximum absolute atomic E-state index is 13.2. The van der Waals surface area contributed by atoms with Crippen LogP contribution in [0.25, 0.3) is 6.08 Å². The molecule has 166 valence electrons. The summed E-state index contributed by atoms with van der Waals surface area (Å²) in [6.45, 7) is 5.40. The highest BCUT2D eigenvalue weighted by molar-refractivity contribution is 5.92. The number of rotatable bonds is 7. The van der Waals surface area contributed by atoms with Crippen LogP contribution in [0.1, 0.15) is 66.2 Å². The summed E-state index contributed by atoms with van der Waals surface area (Å²) in [6.07, 6.45) is 17.3. The Bertz CT molecular complexity index is 1010. The number of carbonyl (C=O) groups excluding carboxylic acids is 1. The molecule has 0 aromatic carbocycles. The number of hydrogen-bond donors (Lipinski definition) is 0. The zero-order valence-electron chi connectivity index (χ0n) is 19.1. The molecule has 4 rings (SSSR count). The van der Waals surface area contributed by atoms with Crippen LogP contribution in [0.5, 0.6) is 0 Å². The fourth-order valence-corrected chi connectivity index (χ4v) is 4.77. The summed E-state index contributed by atoms with van der Waals surface area (Å²) in [4.78, 5) is 23.4. The van der Waals surface area contributed by atoms with Crippen molar-refractivity contribution in [2.75, 3.05) is 0 Å². The maximum Gasteiger partial charge on any atom is 0.247 e. The molecule has 3 aromatic heterocycles. The van der Waals surface area contributed by atoms with E-state index < -0.39 is 0 Å². The molecule has 5 heteroatoms. The van der Waals surface area contributed by atoms with Gasteiger partial charge in [0.1, 0.15) is 0 Å². The van der Waals surface area contributed by atoms with E-state index in [-0.39, 0.29) is 5.91 Å². The Hall–Kier alpha value is -3.21. The Morgan fingerprint density at radius 3 is 2.50 bits per heavy atom. The second kappa shape index (κ2) is 10.4. The van der Waals surface area contributed by atoms with Gasteiger partial charge in [-0.1, -0.05) is 25.3 Å². The molecule has 0 radical (unpaired) electrons. The number of pyridine rings is 2. The lowest BCUT2D eigenvalue weighted by atomic mass is 9.95. The molecule has 3 aromatic rings. The third kappa shape index (κ3) is 5.34. The van der Waals surface area contributed by atoms with Crippen molar-refractivity contribution in [1.29, 1.82) is 0 Å². The van der Waals surface area contributed by atoms with Gasteiger partial charge in [0.15, 0.2) is 0 Å². The van der Waals surface area contributed by atoms with Crippen molar-refractivity contribution in [3.05, 3.63) is 89.3 Å². The molecule has 1 aliphatic carbocycles. The highest BCUT2D eigenvalue weighted by Gasteiger charge is 2.20. The summed E-state index contributed by atoms with van der Waals surface area (Å²) in [6, 6.07) is 10.6. The number of amides is 1. The minimum atomic E-state index is -0.00636. The first kappa shape index (κ1) is 22.0. The van der Waals surface area contributed by atoms with E-state index in [1.807, 2.05) is 41.4 Å². The summed E-state index contributed by atoms with van der Waals surface area (Å²) < 4.78 is 2.48. The van der Waals surface area contributed by atoms with E-state index in [1.54, 1.807) is 24.7 Å². The minimum absolute atomic E-state index is 0.00636. The van der Waals surface area contributed by atoms with Crippen LogP contribution in [0.15, 0.2) is 61.2 Å². The number of aromatic nitrogens is 3. The molecule has 0 bridgehead atoms. The summed E-state index contributed by atoms with van der Waals surface area (Å²) in [5, 5.41) is 0. The first-order valence-electron chi connectivity index (χ1n) is 11.5. The van der Waals surface area contributed by atoms with E-state index in [1.165, 1.54) is 43.5 Å². The second-order valence-electron chi connectivity index (χ2n) is 8.73. The van der Waals surface area contributed by atoms with Crippen molar-refractivity contribution in [2.24, 2.45) is 0 Å². The van der Waals surface area contributed by atoms with Crippen LogP contribution in [-0.2, 0) is 17.9 Å². The Labute approximate surface area is 190 Å². The molecule has 0 aliphatic heterocycles. The average Bonchev–Trinajstić information content (AvgIpc) is 3.11. The van der Waals surface area contributed by atoms with Crippen molar-refractivity contribution in [3.8, 4) is 0 Å². The number of hydrogen-bond acceptors (Lipinski definition) is 3. The largest absolute Gasteiger partial charge is 0.346 e. The van der Waals surface area contributed by atoms with Crippen LogP contribution in [0, 0.1) is 13.8 Å². The van der Waals surface area contributed by atoms with Crippen LogP contribution >= 0.6 is 0 Å². The molecule has 1 amide bonds. The summed E-state index contributed by atoms with van der Waals surface area (Å²) in [5.74, 6) is -0.00636. The van der Waals surface area contributed by atoms with E-state index in [0.717, 1.165) is 16.7 Å². The van der Waals surface area contributed by atoms with E-state index in [0.29, 0.717) is 19.1 Å². The molecule has 32 heavy (non-hydrogen) atoms. The Kier molecular flexibility index (Phi) is 7.15. The molecule has 0 unspecified atom stereocenters. The first-order valence-corrected chi connectivity index (χ1v) is 11.5. The van der Waals surface area contributed by atoms with Gasteiger partial charge in [-0.05, 0) is 73.7 Å². The molecule has 5 nitrogen and oxygen atoms in total. The normalized spacial score (nSPS) is 14.7. The van der Waals surface area contributed by atoms with Crippen LogP contribution in [-0.4, -0.2) is 25.3 Å². The molecule has 3 heterocycles. The van der Waals surface area contributed by atoms with Crippen LogP contribution in [0.2, 0.25) is 0 Å². The van der Waals surface area contributed by atoms with Gasteiger partial charge >= 0.3 is 0 Å². The first-order chi connectivity index (χ1) is 15.6. The van der Waals surface area contributed by atoms with E-state index >= 15 is 0 Å². The summed E-state index contributed by atoms with van der Waals surface area (Å²) >= 11 is 0. The van der Waals surface area contributed by atoms with Gasteiger partial charge in [-0.25, -0.2) is 0 Å². The Morgan fingerprint density at radius 2 is 1.78 bits per heavy atom. The summed E-state index contributed by atoms with van der Waals surface area (Å²) in [5.41, 5.74) is 5.74. The highest BCUT2D eigenvalue weighted by Crippen LogP contribution is 2.32. The Balaban J connectivity index is 1.53. The molecular formula is C27H32N4O. The molecule has 0 spiro atoms. The van der Waals surface area contributed by atoms with Gasteiger partial charge in [0.2, 0.25) is 5.91 Å². The zero-order chi connectivity index (χ0) is 22.3. The number of aryl methyl sites for hydroxylation is 1. The van der Waals surface area contributed by atoms with Gasteiger partial charge in [-0.2, -0.15) is 0 Å². The monoisotopic (exact) mass is 428 g/mol. The topological polar surface area (TPSA) is 51.0 Å². The van der Waals surface area contributed by atoms with Crippen molar-refractivity contribution in [2.45, 2.75) is 65.1 Å². The van der Waals surface area contributed by atoms with Gasteiger partial charge in [-0.15, -0.1) is 0 Å². The van der Waals surface area contributed by atoms with Crippen molar-refractivity contribution in [1.82, 2.24) is 19.4 Å². The fraction of sp³-hybridized carbons (Fsp3) is 0.370. The smallest absolute Gasteiger partial charge is 0.247 e. The third-order valence-electron chi connectivity index (χ3n) is 6.40. The standard InChI is InChI=1S/C27H32N4O/c1-21-17-25(22(2)31(21)26-8-4-3-5-9-26)10-11-27(32)30(19-23-12-15-28-16-13-23)20-24-7-6-14-29-18-24/h6-7,10-18,26H,3-5,8-9,19-20H2,1-2H3. The predicted molar refractivity (Wildman–Crippen MR) is 128 cm³/mol. The van der Waals surface area contributed by atoms with Gasteiger partial charge in [-0.3, -0.25) is 14.8 Å². The van der Waals surface area contributed by atoms with Crippen molar-refractivity contribution >= 4 is 12.0 Å². The summed E-state index contributed by atoms with van der Waals surface area (Å²) in [7, 11) is 0. The predicted octanol–water partition coefficient (Wildman–Crippen LogP) is 5.64. The molecular weight excluding hydrogens is 396 g/mol. The van der Waals surface area contributed by atoms with E-state index in [2.05, 4.69) is 34.4 Å². The van der Waals surface area contributed by atoms with Gasteiger partial charge < -0.3 is 9.47 Å². The molecule has 0 saturated heterocycles. The van der Waals surface area contributed by atoms with E-state index in [9.17, 15) is 4.79 Å². The Morgan fingerprint density at radius 1 is 1.03 bits per heavy atom. The van der Waals surface area contributed by atoms with Gasteiger partial charge in [0, 0.05) is 61.4 Å². The van der Waals surface area contributed by atoms with E-state index in [4.69, 9.17) is 0 Å². The lowest BCUT2D eigenvalue weighted by molar-refractivity contribution is -0.127. The second-order valence-corrected chi connectivity index (χ2v) is 8.73. The quantitative estimate of drug-likeness (QED) is 0.458. The molecule has 0 N–H and O–H groups in total. The van der Waals surface area contributed by atoms with Crippen molar-refractivity contribution < 1.29 is 4.79 Å². The maximum atomic E-state index is 13.2. The highest BCUT2D eigenvalue weighted by atomic mass is 16.2. The molecule has 0 atom stereocenters. The molecule has 1 fully saturated rings. The average molecular weight is 429 g/mol. The lowest BCUT2D eigenvalue weighted by Crippen LogP contribution is -2.28. The number of nitrogens with zero attached hydrogens (tertiary/aromatic N) is 4. The van der Waals surface area contributed by atoms with Crippen molar-refractivity contribution in [3.63, 3.8) is 0 Å². The van der Waals surface area contributed by atoms with Crippen LogP contribution < -0.4 is 0 Å². The molecule has 1 aliphatic rings. The van der Waals surface area contributed by atoms with Gasteiger partial charge in [0.25, 0.3) is 0 Å². The van der Waals surface area contributed by atoms with Crippen LogP contribution in [0.4, 0.5) is 0 Å².